The van der Waals surface area contributed by atoms with E-state index >= 15 is 0 Å². The van der Waals surface area contributed by atoms with Crippen molar-refractivity contribution >= 4 is 47.4 Å². The Bertz CT molecular complexity index is 681. The zero-order chi connectivity index (χ0) is 21.4. The van der Waals surface area contributed by atoms with E-state index in [1.807, 2.05) is 39.6 Å². The van der Waals surface area contributed by atoms with Gasteiger partial charge in [0.2, 0.25) is 0 Å². The lowest BCUT2D eigenvalue weighted by Gasteiger charge is -2.36. The van der Waals surface area contributed by atoms with E-state index in [0.717, 1.165) is 50.6 Å². The molecule has 30 heavy (non-hydrogen) atoms. The van der Waals surface area contributed by atoms with E-state index in [9.17, 15) is 4.79 Å². The van der Waals surface area contributed by atoms with Gasteiger partial charge in [0, 0.05) is 38.6 Å². The number of aromatic nitrogens is 1. The number of hydrogen-bond donors (Lipinski definition) is 1. The fourth-order valence-electron chi connectivity index (χ4n) is 3.39. The molecule has 1 aliphatic heterocycles. The summed E-state index contributed by atoms with van der Waals surface area (Å²) >= 11 is 1.71. The van der Waals surface area contributed by atoms with E-state index in [-0.39, 0.29) is 30.1 Å². The number of nitrogens with one attached hydrogen (secondary N) is 1. The first kappa shape index (κ1) is 26.9. The van der Waals surface area contributed by atoms with Gasteiger partial charge in [0.05, 0.1) is 17.2 Å². The maximum absolute atomic E-state index is 12.4. The topological polar surface area (TPSA) is 70.1 Å². The molecule has 0 atom stereocenters. The third-order valence-corrected chi connectivity index (χ3v) is 6.01. The molecule has 1 aromatic heterocycles. The molecule has 1 aliphatic rings. The number of piperidine rings is 1. The Kier molecular flexibility index (Phi) is 11.4. The number of halogens is 1. The fourth-order valence-corrected chi connectivity index (χ4v) is 4.14. The van der Waals surface area contributed by atoms with Crippen molar-refractivity contribution in [1.29, 1.82) is 0 Å². The minimum Gasteiger partial charge on any atom is -0.444 e. The van der Waals surface area contributed by atoms with Gasteiger partial charge in [0.15, 0.2) is 5.96 Å². The van der Waals surface area contributed by atoms with Crippen LogP contribution in [0.4, 0.5) is 4.79 Å². The van der Waals surface area contributed by atoms with Gasteiger partial charge in [-0.05, 0) is 52.9 Å². The first-order valence-corrected chi connectivity index (χ1v) is 11.5. The molecule has 1 aromatic rings. The van der Waals surface area contributed by atoms with Crippen LogP contribution in [0.1, 0.15) is 58.2 Å². The van der Waals surface area contributed by atoms with E-state index < -0.39 is 5.60 Å². The third kappa shape index (κ3) is 8.56. The lowest BCUT2D eigenvalue weighted by molar-refractivity contribution is 0.0214. The molecule has 9 heteroatoms. The summed E-state index contributed by atoms with van der Waals surface area (Å²) in [6.07, 6.45) is 2.84. The summed E-state index contributed by atoms with van der Waals surface area (Å²) in [4.78, 5) is 25.6. The van der Waals surface area contributed by atoms with Crippen LogP contribution in [0, 0.1) is 5.92 Å². The van der Waals surface area contributed by atoms with Crippen molar-refractivity contribution in [3.05, 3.63) is 16.1 Å². The van der Waals surface area contributed by atoms with E-state index in [0.29, 0.717) is 19.0 Å². The van der Waals surface area contributed by atoms with Crippen molar-refractivity contribution in [1.82, 2.24) is 20.1 Å². The summed E-state index contributed by atoms with van der Waals surface area (Å²) in [5.74, 6) is 1.41. The number of thiazole rings is 1. The van der Waals surface area contributed by atoms with Crippen LogP contribution in [0.25, 0.3) is 0 Å². The van der Waals surface area contributed by atoms with Crippen molar-refractivity contribution in [2.45, 2.75) is 66.0 Å². The third-order valence-electron chi connectivity index (χ3n) is 4.97. The Balaban J connectivity index is 0.00000450. The smallest absolute Gasteiger partial charge is 0.410 e. The zero-order valence-electron chi connectivity index (χ0n) is 19.2. The number of carbonyl (C=O) groups is 1. The van der Waals surface area contributed by atoms with Crippen molar-refractivity contribution < 1.29 is 9.53 Å². The zero-order valence-corrected chi connectivity index (χ0v) is 22.4. The molecule has 7 nitrogen and oxygen atoms in total. The molecule has 0 spiro atoms. The van der Waals surface area contributed by atoms with Gasteiger partial charge in [0.25, 0.3) is 0 Å². The Morgan fingerprint density at radius 2 is 2.03 bits per heavy atom. The second kappa shape index (κ2) is 12.7. The molecule has 1 fully saturated rings. The predicted molar refractivity (Wildman–Crippen MR) is 135 cm³/mol. The van der Waals surface area contributed by atoms with Gasteiger partial charge >= 0.3 is 6.09 Å². The molecule has 0 saturated carbocycles. The molecule has 1 saturated heterocycles. The monoisotopic (exact) mass is 551 g/mol. The van der Waals surface area contributed by atoms with Gasteiger partial charge in [-0.3, -0.25) is 4.99 Å². The quantitative estimate of drug-likeness (QED) is 0.323. The second-order valence-electron chi connectivity index (χ2n) is 8.44. The normalized spacial score (nSPS) is 15.5. The largest absolute Gasteiger partial charge is 0.444 e. The SMILES string of the molecule is CCc1nc(CNC(=NC)N2CCC(CN(CC)C(=O)OC(C)(C)C)CC2)cs1.I. The lowest BCUT2D eigenvalue weighted by atomic mass is 9.96. The molecule has 1 amide bonds. The molecular weight excluding hydrogens is 513 g/mol. The summed E-state index contributed by atoms with van der Waals surface area (Å²) < 4.78 is 5.54. The maximum atomic E-state index is 12.4. The van der Waals surface area contributed by atoms with Gasteiger partial charge in [-0.25, -0.2) is 9.78 Å². The minimum absolute atomic E-state index is 0. The number of carbonyl (C=O) groups excluding carboxylic acids is 1. The Morgan fingerprint density at radius 1 is 1.37 bits per heavy atom. The van der Waals surface area contributed by atoms with Crippen LogP contribution in [-0.2, 0) is 17.7 Å². The lowest BCUT2D eigenvalue weighted by Crippen LogP contribution is -2.47. The van der Waals surface area contributed by atoms with E-state index in [1.54, 1.807) is 11.3 Å². The molecule has 0 aromatic carbocycles. The van der Waals surface area contributed by atoms with E-state index in [1.165, 1.54) is 5.01 Å². The van der Waals surface area contributed by atoms with Crippen LogP contribution >= 0.6 is 35.3 Å². The number of aryl methyl sites for hydroxylation is 1. The molecule has 2 rings (SSSR count). The first-order valence-electron chi connectivity index (χ1n) is 10.6. The highest BCUT2D eigenvalue weighted by Gasteiger charge is 2.27. The average Bonchev–Trinajstić information content (AvgIpc) is 3.14. The van der Waals surface area contributed by atoms with Crippen molar-refractivity contribution in [3.63, 3.8) is 0 Å². The molecule has 172 valence electrons. The van der Waals surface area contributed by atoms with Gasteiger partial charge in [-0.15, -0.1) is 35.3 Å². The van der Waals surface area contributed by atoms with Crippen LogP contribution in [0.15, 0.2) is 10.4 Å². The second-order valence-corrected chi connectivity index (χ2v) is 9.38. The van der Waals surface area contributed by atoms with Crippen LogP contribution in [0.2, 0.25) is 0 Å². The van der Waals surface area contributed by atoms with Gasteiger partial charge < -0.3 is 19.9 Å². The van der Waals surface area contributed by atoms with Gasteiger partial charge in [-0.1, -0.05) is 6.92 Å². The first-order chi connectivity index (χ1) is 13.8. The van der Waals surface area contributed by atoms with Crippen molar-refractivity contribution in [2.75, 3.05) is 33.2 Å². The summed E-state index contributed by atoms with van der Waals surface area (Å²) in [7, 11) is 1.83. The van der Waals surface area contributed by atoms with Crippen LogP contribution in [0.5, 0.6) is 0 Å². The average molecular weight is 552 g/mol. The Labute approximate surface area is 202 Å². The molecule has 2 heterocycles. The molecule has 0 aliphatic carbocycles. The standard InChI is InChI=1S/C21H37N5O2S.HI/c1-7-18-24-17(15-29-18)13-23-19(22-6)26-11-9-16(10-12-26)14-25(8-2)20(27)28-21(3,4)5;/h15-16H,7-14H2,1-6H3,(H,22,23);1H. The molecule has 0 unspecified atom stereocenters. The predicted octanol–water partition coefficient (Wildman–Crippen LogP) is 4.37. The number of amides is 1. The summed E-state index contributed by atoms with van der Waals surface area (Å²) in [5.41, 5.74) is 0.611. The minimum atomic E-state index is -0.457. The molecule has 0 radical (unpaired) electrons. The summed E-state index contributed by atoms with van der Waals surface area (Å²) in [5, 5.41) is 6.72. The van der Waals surface area contributed by atoms with Crippen molar-refractivity contribution in [3.8, 4) is 0 Å². The van der Waals surface area contributed by atoms with Gasteiger partial charge in [0.1, 0.15) is 5.60 Å². The fraction of sp³-hybridized carbons (Fsp3) is 0.762. The number of guanidine groups is 1. The summed E-state index contributed by atoms with van der Waals surface area (Å²) in [6.45, 7) is 13.9. The highest BCUT2D eigenvalue weighted by atomic mass is 127. The Morgan fingerprint density at radius 3 is 2.53 bits per heavy atom. The molecular formula is C21H38IN5O2S. The summed E-state index contributed by atoms with van der Waals surface area (Å²) in [6, 6.07) is 0. The van der Waals surface area contributed by atoms with Crippen molar-refractivity contribution in [2.24, 2.45) is 10.9 Å². The number of ether oxygens (including phenoxy) is 1. The highest BCUT2D eigenvalue weighted by molar-refractivity contribution is 14.0. The van der Waals surface area contributed by atoms with Crippen LogP contribution in [-0.4, -0.2) is 65.7 Å². The van der Waals surface area contributed by atoms with E-state index in [4.69, 9.17) is 4.74 Å². The maximum Gasteiger partial charge on any atom is 0.410 e. The Hall–Kier alpha value is -1.10. The molecule has 1 N–H and O–H groups in total. The number of aliphatic imine (C=N–C) groups is 1. The van der Waals surface area contributed by atoms with Crippen LogP contribution < -0.4 is 5.32 Å². The number of nitrogens with zero attached hydrogens (tertiary/aromatic N) is 4. The van der Waals surface area contributed by atoms with Crippen LogP contribution in [0.3, 0.4) is 0 Å². The van der Waals surface area contributed by atoms with Gasteiger partial charge in [-0.2, -0.15) is 0 Å². The number of likely N-dealkylation sites (tertiary alicyclic amines) is 1. The number of hydrogen-bond acceptors (Lipinski definition) is 5. The highest BCUT2D eigenvalue weighted by Crippen LogP contribution is 2.20. The number of rotatable bonds is 6. The molecule has 0 bridgehead atoms. The van der Waals surface area contributed by atoms with E-state index in [2.05, 4.69) is 32.5 Å².